The summed E-state index contributed by atoms with van der Waals surface area (Å²) in [6, 6.07) is 0. The van der Waals surface area contributed by atoms with Crippen molar-refractivity contribution in [2.75, 3.05) is 19.0 Å². The lowest BCUT2D eigenvalue weighted by Gasteiger charge is -2.07. The summed E-state index contributed by atoms with van der Waals surface area (Å²) in [5.41, 5.74) is 0.621. The van der Waals surface area contributed by atoms with Crippen LogP contribution in [0.5, 0.6) is 0 Å². The van der Waals surface area contributed by atoms with E-state index in [1.54, 1.807) is 18.0 Å². The molecule has 1 aromatic heterocycles. The normalized spacial score (nSPS) is 12.5. The van der Waals surface area contributed by atoms with E-state index in [1.807, 2.05) is 14.1 Å². The zero-order chi connectivity index (χ0) is 10.0. The monoisotopic (exact) mass is 183 g/mol. The Morgan fingerprint density at radius 3 is 2.69 bits per heavy atom. The molecule has 1 aromatic rings. The maximum absolute atomic E-state index is 10.6. The van der Waals surface area contributed by atoms with E-state index in [9.17, 15) is 4.79 Å². The molecule has 1 heterocycles. The average molecular weight is 183 g/mol. The fourth-order valence-corrected chi connectivity index (χ4v) is 0.905. The minimum Gasteiger partial charge on any atom is -0.481 e. The second-order valence-corrected chi connectivity index (χ2v) is 3.12. The first kappa shape index (κ1) is 9.57. The fraction of sp³-hybridized carbons (Fsp3) is 0.500. The number of aromatic nitrogens is 2. The first-order valence-electron chi connectivity index (χ1n) is 3.97. The van der Waals surface area contributed by atoms with E-state index in [0.717, 1.165) is 0 Å². The summed E-state index contributed by atoms with van der Waals surface area (Å²) in [5.74, 6) is -0.724. The van der Waals surface area contributed by atoms with Gasteiger partial charge in [-0.2, -0.15) is 0 Å². The van der Waals surface area contributed by atoms with Gasteiger partial charge in [0.25, 0.3) is 0 Å². The van der Waals surface area contributed by atoms with Gasteiger partial charge < -0.3 is 15.0 Å². The van der Waals surface area contributed by atoms with Gasteiger partial charge in [-0.3, -0.25) is 4.79 Å². The molecule has 0 saturated carbocycles. The molecule has 5 nitrogen and oxygen atoms in total. The fourth-order valence-electron chi connectivity index (χ4n) is 0.905. The number of carboxylic acids is 1. The third kappa shape index (κ3) is 1.99. The van der Waals surface area contributed by atoms with E-state index in [-0.39, 0.29) is 0 Å². The lowest BCUT2D eigenvalue weighted by atomic mass is 10.1. The second kappa shape index (κ2) is 3.47. The van der Waals surface area contributed by atoms with Gasteiger partial charge in [0.1, 0.15) is 0 Å². The number of nitrogens with one attached hydrogen (secondary N) is 1. The average Bonchev–Trinajstić information content (AvgIpc) is 2.50. The molecule has 0 aliphatic carbocycles. The van der Waals surface area contributed by atoms with Crippen LogP contribution in [-0.4, -0.2) is 35.1 Å². The summed E-state index contributed by atoms with van der Waals surface area (Å²) in [7, 11) is 3.68. The van der Waals surface area contributed by atoms with Crippen LogP contribution in [0, 0.1) is 0 Å². The molecule has 1 unspecified atom stereocenters. The van der Waals surface area contributed by atoms with Gasteiger partial charge >= 0.3 is 5.97 Å². The first-order chi connectivity index (χ1) is 6.02. The minimum absolute atomic E-state index is 0.541. The Morgan fingerprint density at radius 2 is 2.31 bits per heavy atom. The number of nitrogens with zero attached hydrogens (tertiary/aromatic N) is 2. The zero-order valence-electron chi connectivity index (χ0n) is 7.90. The zero-order valence-corrected chi connectivity index (χ0v) is 7.90. The number of aliphatic carboxylic acids is 1. The van der Waals surface area contributed by atoms with Crippen LogP contribution in [0.1, 0.15) is 18.5 Å². The summed E-state index contributed by atoms with van der Waals surface area (Å²) in [6.07, 6.45) is 1.55. The Labute approximate surface area is 76.4 Å². The highest BCUT2D eigenvalue weighted by Gasteiger charge is 2.16. The molecular formula is C8H13N3O2. The van der Waals surface area contributed by atoms with Crippen LogP contribution in [0.25, 0.3) is 0 Å². The molecule has 0 bridgehead atoms. The number of aromatic amines is 1. The molecule has 72 valence electrons. The highest BCUT2D eigenvalue weighted by atomic mass is 16.4. The Hall–Kier alpha value is -1.52. The van der Waals surface area contributed by atoms with Gasteiger partial charge in [0.15, 0.2) is 0 Å². The molecule has 5 heteroatoms. The Bertz CT molecular complexity index is 306. The van der Waals surface area contributed by atoms with Crippen LogP contribution in [0.2, 0.25) is 0 Å². The van der Waals surface area contributed by atoms with Crippen molar-refractivity contribution >= 4 is 11.9 Å². The quantitative estimate of drug-likeness (QED) is 0.722. The van der Waals surface area contributed by atoms with Crippen molar-refractivity contribution in [3.63, 3.8) is 0 Å². The smallest absolute Gasteiger partial charge is 0.312 e. The van der Waals surface area contributed by atoms with Crippen molar-refractivity contribution in [3.8, 4) is 0 Å². The standard InChI is InChI=1S/C8H13N3O2/c1-5(7(12)13)6-4-9-8(10-6)11(2)3/h4-5H,1-3H3,(H,9,10)(H,12,13). The lowest BCUT2D eigenvalue weighted by molar-refractivity contribution is -0.138. The van der Waals surface area contributed by atoms with Gasteiger partial charge in [0.2, 0.25) is 5.95 Å². The van der Waals surface area contributed by atoms with Crippen LogP contribution < -0.4 is 4.90 Å². The van der Waals surface area contributed by atoms with Gasteiger partial charge in [0.05, 0.1) is 17.8 Å². The van der Waals surface area contributed by atoms with Crippen LogP contribution in [0.4, 0.5) is 5.95 Å². The minimum atomic E-state index is -0.853. The Balaban J connectivity index is 2.85. The van der Waals surface area contributed by atoms with Crippen molar-refractivity contribution in [3.05, 3.63) is 11.9 Å². The van der Waals surface area contributed by atoms with E-state index in [4.69, 9.17) is 5.11 Å². The molecule has 0 aromatic carbocycles. The number of anilines is 1. The van der Waals surface area contributed by atoms with Gasteiger partial charge in [-0.1, -0.05) is 0 Å². The molecule has 0 saturated heterocycles. The number of H-pyrrole nitrogens is 1. The number of rotatable bonds is 3. The van der Waals surface area contributed by atoms with Crippen LogP contribution in [0.15, 0.2) is 6.20 Å². The third-order valence-electron chi connectivity index (χ3n) is 1.84. The van der Waals surface area contributed by atoms with Gasteiger partial charge in [-0.25, -0.2) is 4.98 Å². The highest BCUT2D eigenvalue weighted by Crippen LogP contribution is 2.15. The molecular weight excluding hydrogens is 170 g/mol. The van der Waals surface area contributed by atoms with E-state index in [0.29, 0.717) is 11.6 Å². The van der Waals surface area contributed by atoms with E-state index >= 15 is 0 Å². The summed E-state index contributed by atoms with van der Waals surface area (Å²) >= 11 is 0. The Kier molecular flexibility index (Phi) is 2.55. The van der Waals surface area contributed by atoms with E-state index < -0.39 is 11.9 Å². The summed E-state index contributed by atoms with van der Waals surface area (Å²) in [5, 5.41) is 8.72. The summed E-state index contributed by atoms with van der Waals surface area (Å²) < 4.78 is 0. The number of carboxylic acid groups (broad SMARTS) is 1. The Morgan fingerprint density at radius 1 is 1.69 bits per heavy atom. The van der Waals surface area contributed by atoms with Crippen molar-refractivity contribution in [2.45, 2.75) is 12.8 Å². The van der Waals surface area contributed by atoms with E-state index in [1.165, 1.54) is 0 Å². The SMILES string of the molecule is CC(C(=O)O)c1cnc(N(C)C)[nH]1. The summed E-state index contributed by atoms with van der Waals surface area (Å²) in [6.45, 7) is 1.62. The second-order valence-electron chi connectivity index (χ2n) is 3.12. The number of hydrogen-bond acceptors (Lipinski definition) is 3. The lowest BCUT2D eigenvalue weighted by Crippen LogP contribution is -2.11. The van der Waals surface area contributed by atoms with Gasteiger partial charge in [-0.05, 0) is 6.92 Å². The summed E-state index contributed by atoms with van der Waals surface area (Å²) in [4.78, 5) is 19.4. The number of hydrogen-bond donors (Lipinski definition) is 2. The third-order valence-corrected chi connectivity index (χ3v) is 1.84. The molecule has 0 aliphatic rings. The van der Waals surface area contributed by atoms with Crippen molar-refractivity contribution in [2.24, 2.45) is 0 Å². The van der Waals surface area contributed by atoms with Crippen molar-refractivity contribution in [1.29, 1.82) is 0 Å². The molecule has 2 N–H and O–H groups in total. The molecule has 1 rings (SSSR count). The molecule has 0 amide bonds. The highest BCUT2D eigenvalue weighted by molar-refractivity contribution is 5.74. The van der Waals surface area contributed by atoms with Gasteiger partial charge in [-0.15, -0.1) is 0 Å². The van der Waals surface area contributed by atoms with Crippen LogP contribution in [0.3, 0.4) is 0 Å². The van der Waals surface area contributed by atoms with Crippen molar-refractivity contribution in [1.82, 2.24) is 9.97 Å². The predicted molar refractivity (Wildman–Crippen MR) is 49.0 cm³/mol. The van der Waals surface area contributed by atoms with Crippen LogP contribution >= 0.6 is 0 Å². The maximum atomic E-state index is 10.6. The molecule has 0 fully saturated rings. The maximum Gasteiger partial charge on any atom is 0.312 e. The largest absolute Gasteiger partial charge is 0.481 e. The van der Waals surface area contributed by atoms with Crippen LogP contribution in [-0.2, 0) is 4.79 Å². The molecule has 13 heavy (non-hydrogen) atoms. The predicted octanol–water partition coefficient (Wildman–Crippen LogP) is 0.664. The molecule has 1 atom stereocenters. The molecule has 0 spiro atoms. The first-order valence-corrected chi connectivity index (χ1v) is 3.97. The molecule has 0 radical (unpaired) electrons. The van der Waals surface area contributed by atoms with E-state index in [2.05, 4.69) is 9.97 Å². The topological polar surface area (TPSA) is 69.2 Å². The number of imidazole rings is 1. The molecule has 0 aliphatic heterocycles. The van der Waals surface area contributed by atoms with Crippen molar-refractivity contribution < 1.29 is 9.90 Å². The van der Waals surface area contributed by atoms with Gasteiger partial charge in [0, 0.05) is 14.1 Å². The number of carbonyl (C=O) groups is 1.